The second kappa shape index (κ2) is 7.15. The van der Waals surface area contributed by atoms with Gasteiger partial charge in [-0.25, -0.2) is 0 Å². The van der Waals surface area contributed by atoms with Crippen LogP contribution in [0.25, 0.3) is 10.8 Å². The van der Waals surface area contributed by atoms with Crippen LogP contribution >= 0.6 is 0 Å². The topological polar surface area (TPSA) is 58.6 Å². The van der Waals surface area contributed by atoms with Gasteiger partial charge in [0.1, 0.15) is 5.75 Å². The summed E-state index contributed by atoms with van der Waals surface area (Å²) in [7, 11) is 0. The molecule has 0 heterocycles. The molecule has 2 N–H and O–H groups in total. The van der Waals surface area contributed by atoms with Crippen LogP contribution < -0.4 is 10.1 Å². The predicted octanol–water partition coefficient (Wildman–Crippen LogP) is 3.91. The van der Waals surface area contributed by atoms with E-state index in [2.05, 4.69) is 5.32 Å². The maximum Gasteiger partial charge on any atom is 0.262 e. The molecular weight excluding hydrogens is 302 g/mol. The van der Waals surface area contributed by atoms with Crippen molar-refractivity contribution in [1.29, 1.82) is 0 Å². The summed E-state index contributed by atoms with van der Waals surface area (Å²) < 4.78 is 5.56. The molecule has 0 aliphatic heterocycles. The molecule has 1 atom stereocenters. The SMILES string of the molecule is C[C@@H](O)c1cccc(NC(=O)COc2ccc3ccccc3c2)c1. The number of ether oxygens (including phenoxy) is 1. The second-order valence-electron chi connectivity index (χ2n) is 5.65. The molecule has 0 aromatic heterocycles. The van der Waals surface area contributed by atoms with Crippen molar-refractivity contribution < 1.29 is 14.6 Å². The number of hydrogen-bond acceptors (Lipinski definition) is 3. The first-order chi connectivity index (χ1) is 11.6. The molecule has 3 aromatic carbocycles. The molecule has 24 heavy (non-hydrogen) atoms. The lowest BCUT2D eigenvalue weighted by Crippen LogP contribution is -2.20. The Labute approximate surface area is 140 Å². The number of carbonyl (C=O) groups excluding carboxylic acids is 1. The molecule has 4 nitrogen and oxygen atoms in total. The predicted molar refractivity (Wildman–Crippen MR) is 95.1 cm³/mol. The first-order valence-corrected chi connectivity index (χ1v) is 7.81. The highest BCUT2D eigenvalue weighted by molar-refractivity contribution is 5.92. The molecule has 0 aliphatic carbocycles. The number of aliphatic hydroxyl groups is 1. The van der Waals surface area contributed by atoms with Crippen molar-refractivity contribution in [1.82, 2.24) is 0 Å². The number of benzene rings is 3. The summed E-state index contributed by atoms with van der Waals surface area (Å²) in [4.78, 5) is 12.0. The fraction of sp³-hybridized carbons (Fsp3) is 0.150. The summed E-state index contributed by atoms with van der Waals surface area (Å²) in [6.45, 7) is 1.61. The maximum atomic E-state index is 12.0. The average Bonchev–Trinajstić information content (AvgIpc) is 2.60. The molecule has 0 fully saturated rings. The zero-order valence-corrected chi connectivity index (χ0v) is 13.4. The number of nitrogens with one attached hydrogen (secondary N) is 1. The minimum atomic E-state index is -0.573. The number of hydrogen-bond donors (Lipinski definition) is 2. The smallest absolute Gasteiger partial charge is 0.262 e. The van der Waals surface area contributed by atoms with Crippen molar-refractivity contribution in [2.75, 3.05) is 11.9 Å². The number of amides is 1. The Hall–Kier alpha value is -2.85. The number of carbonyl (C=O) groups is 1. The molecule has 0 radical (unpaired) electrons. The van der Waals surface area contributed by atoms with E-state index in [-0.39, 0.29) is 12.5 Å². The van der Waals surface area contributed by atoms with E-state index in [9.17, 15) is 9.90 Å². The summed E-state index contributed by atoms with van der Waals surface area (Å²) in [5.41, 5.74) is 1.39. The summed E-state index contributed by atoms with van der Waals surface area (Å²) in [6, 6.07) is 20.8. The third-order valence-electron chi connectivity index (χ3n) is 3.74. The molecule has 0 aliphatic rings. The van der Waals surface area contributed by atoms with Crippen molar-refractivity contribution >= 4 is 22.4 Å². The lowest BCUT2D eigenvalue weighted by Gasteiger charge is -2.10. The largest absolute Gasteiger partial charge is 0.484 e. The van der Waals surface area contributed by atoms with Crippen molar-refractivity contribution in [2.24, 2.45) is 0 Å². The van der Waals surface area contributed by atoms with Gasteiger partial charge in [-0.05, 0) is 47.5 Å². The van der Waals surface area contributed by atoms with Crippen LogP contribution in [-0.4, -0.2) is 17.6 Å². The summed E-state index contributed by atoms with van der Waals surface area (Å²) in [6.07, 6.45) is -0.573. The van der Waals surface area contributed by atoms with E-state index in [4.69, 9.17) is 4.74 Å². The number of anilines is 1. The van der Waals surface area contributed by atoms with Gasteiger partial charge in [-0.1, -0.05) is 42.5 Å². The minimum absolute atomic E-state index is 0.0722. The van der Waals surface area contributed by atoms with Gasteiger partial charge in [0.15, 0.2) is 6.61 Å². The van der Waals surface area contributed by atoms with Crippen molar-refractivity contribution in [3.05, 3.63) is 72.3 Å². The van der Waals surface area contributed by atoms with Crippen molar-refractivity contribution in [3.63, 3.8) is 0 Å². The first kappa shape index (κ1) is 16.0. The van der Waals surface area contributed by atoms with Gasteiger partial charge < -0.3 is 15.2 Å². The van der Waals surface area contributed by atoms with Gasteiger partial charge in [-0.3, -0.25) is 4.79 Å². The summed E-state index contributed by atoms with van der Waals surface area (Å²) in [5, 5.41) is 14.6. The van der Waals surface area contributed by atoms with E-state index in [1.54, 1.807) is 25.1 Å². The lowest BCUT2D eigenvalue weighted by atomic mass is 10.1. The third-order valence-corrected chi connectivity index (χ3v) is 3.74. The van der Waals surface area contributed by atoms with Crippen molar-refractivity contribution in [3.8, 4) is 5.75 Å². The van der Waals surface area contributed by atoms with E-state index in [0.29, 0.717) is 11.4 Å². The van der Waals surface area contributed by atoms with Crippen LogP contribution in [0.2, 0.25) is 0 Å². The molecule has 0 saturated carbocycles. The molecule has 0 saturated heterocycles. The Morgan fingerprint density at radius 1 is 1.04 bits per heavy atom. The molecule has 3 aromatic rings. The van der Waals surface area contributed by atoms with Crippen LogP contribution in [0.5, 0.6) is 5.75 Å². The molecule has 0 unspecified atom stereocenters. The molecule has 122 valence electrons. The monoisotopic (exact) mass is 321 g/mol. The van der Waals surface area contributed by atoms with Crippen LogP contribution in [-0.2, 0) is 4.79 Å². The normalized spacial score (nSPS) is 11.9. The quantitative estimate of drug-likeness (QED) is 0.749. The van der Waals surface area contributed by atoms with E-state index in [0.717, 1.165) is 16.3 Å². The summed E-state index contributed by atoms with van der Waals surface area (Å²) >= 11 is 0. The van der Waals surface area contributed by atoms with Gasteiger partial charge in [0.25, 0.3) is 5.91 Å². The standard InChI is InChI=1S/C20H19NO3/c1-14(22)16-7-4-8-18(11-16)21-20(23)13-24-19-10-9-15-5-2-3-6-17(15)12-19/h2-12,14,22H,13H2,1H3,(H,21,23)/t14-/m1/s1. The zero-order chi connectivity index (χ0) is 16.9. The van der Waals surface area contributed by atoms with E-state index in [1.165, 1.54) is 0 Å². The Balaban J connectivity index is 1.61. The average molecular weight is 321 g/mol. The highest BCUT2D eigenvalue weighted by Gasteiger charge is 2.06. The van der Waals surface area contributed by atoms with Crippen molar-refractivity contribution in [2.45, 2.75) is 13.0 Å². The fourth-order valence-corrected chi connectivity index (χ4v) is 2.48. The zero-order valence-electron chi connectivity index (χ0n) is 13.4. The fourth-order valence-electron chi connectivity index (χ4n) is 2.48. The minimum Gasteiger partial charge on any atom is -0.484 e. The van der Waals surface area contributed by atoms with Crippen LogP contribution in [0.15, 0.2) is 66.7 Å². The Kier molecular flexibility index (Phi) is 4.77. The first-order valence-electron chi connectivity index (χ1n) is 7.81. The number of aliphatic hydroxyl groups excluding tert-OH is 1. The van der Waals surface area contributed by atoms with E-state index >= 15 is 0 Å². The molecular formula is C20H19NO3. The maximum absolute atomic E-state index is 12.0. The highest BCUT2D eigenvalue weighted by atomic mass is 16.5. The van der Waals surface area contributed by atoms with Gasteiger partial charge >= 0.3 is 0 Å². The Bertz CT molecular complexity index is 858. The Morgan fingerprint density at radius 2 is 1.83 bits per heavy atom. The van der Waals surface area contributed by atoms with Crippen LogP contribution in [0.1, 0.15) is 18.6 Å². The van der Waals surface area contributed by atoms with Gasteiger partial charge in [0.05, 0.1) is 6.10 Å². The van der Waals surface area contributed by atoms with Gasteiger partial charge in [-0.15, -0.1) is 0 Å². The van der Waals surface area contributed by atoms with Gasteiger partial charge in [0, 0.05) is 5.69 Å². The Morgan fingerprint density at radius 3 is 2.62 bits per heavy atom. The molecule has 3 rings (SSSR count). The molecule has 4 heteroatoms. The van der Waals surface area contributed by atoms with Gasteiger partial charge in [-0.2, -0.15) is 0 Å². The van der Waals surface area contributed by atoms with Crippen LogP contribution in [0.3, 0.4) is 0 Å². The number of rotatable bonds is 5. The molecule has 0 bridgehead atoms. The third kappa shape index (κ3) is 3.91. The summed E-state index contributed by atoms with van der Waals surface area (Å²) in [5.74, 6) is 0.410. The van der Waals surface area contributed by atoms with Crippen LogP contribution in [0.4, 0.5) is 5.69 Å². The second-order valence-corrected chi connectivity index (χ2v) is 5.65. The molecule has 0 spiro atoms. The van der Waals surface area contributed by atoms with E-state index in [1.807, 2.05) is 48.5 Å². The van der Waals surface area contributed by atoms with Gasteiger partial charge in [0.2, 0.25) is 0 Å². The van der Waals surface area contributed by atoms with Crippen LogP contribution in [0, 0.1) is 0 Å². The highest BCUT2D eigenvalue weighted by Crippen LogP contribution is 2.21. The number of fused-ring (bicyclic) bond motifs is 1. The molecule has 1 amide bonds. The van der Waals surface area contributed by atoms with E-state index < -0.39 is 6.10 Å². The lowest BCUT2D eigenvalue weighted by molar-refractivity contribution is -0.118.